The molecule has 0 aliphatic carbocycles. The summed E-state index contributed by atoms with van der Waals surface area (Å²) < 4.78 is 11.5. The molecule has 1 aliphatic rings. The molecule has 17 heavy (non-hydrogen) atoms. The molecule has 1 heterocycles. The maximum atomic E-state index is 5.99. The summed E-state index contributed by atoms with van der Waals surface area (Å²) in [5, 5.41) is 3.56. The Morgan fingerprint density at radius 2 is 2.24 bits per heavy atom. The van der Waals surface area contributed by atoms with Gasteiger partial charge in [-0.25, -0.2) is 0 Å². The first-order chi connectivity index (χ1) is 8.18. The van der Waals surface area contributed by atoms with Gasteiger partial charge < -0.3 is 14.8 Å². The fourth-order valence-electron chi connectivity index (χ4n) is 2.46. The molecule has 100 valence electrons. The van der Waals surface area contributed by atoms with Crippen molar-refractivity contribution in [2.45, 2.75) is 58.6 Å². The van der Waals surface area contributed by atoms with Gasteiger partial charge in [0.05, 0.1) is 24.5 Å². The molecule has 0 amide bonds. The minimum absolute atomic E-state index is 0.142. The first kappa shape index (κ1) is 14.5. The Balaban J connectivity index is 2.84. The molecule has 0 aromatic heterocycles. The molecule has 0 saturated heterocycles. The highest BCUT2D eigenvalue weighted by molar-refractivity contribution is 5.16. The van der Waals surface area contributed by atoms with Crippen molar-refractivity contribution >= 4 is 0 Å². The zero-order valence-electron chi connectivity index (χ0n) is 11.7. The molecule has 0 aromatic carbocycles. The Labute approximate surface area is 106 Å². The fourth-order valence-corrected chi connectivity index (χ4v) is 2.46. The lowest BCUT2D eigenvalue weighted by molar-refractivity contribution is -0.0482. The van der Waals surface area contributed by atoms with Crippen molar-refractivity contribution in [2.24, 2.45) is 0 Å². The van der Waals surface area contributed by atoms with Gasteiger partial charge >= 0.3 is 0 Å². The van der Waals surface area contributed by atoms with Crippen LogP contribution < -0.4 is 5.32 Å². The molecule has 1 N–H and O–H groups in total. The molecule has 0 fully saturated rings. The van der Waals surface area contributed by atoms with Crippen LogP contribution in [0.25, 0.3) is 0 Å². The fraction of sp³-hybridized carbons (Fsp3) is 0.857. The molecule has 0 aromatic rings. The van der Waals surface area contributed by atoms with Gasteiger partial charge in [0.15, 0.2) is 0 Å². The predicted molar refractivity (Wildman–Crippen MR) is 71.1 cm³/mol. The number of hydrogen-bond donors (Lipinski definition) is 1. The lowest BCUT2D eigenvalue weighted by atomic mass is 9.85. The first-order valence-corrected chi connectivity index (χ1v) is 6.85. The monoisotopic (exact) mass is 241 g/mol. The minimum atomic E-state index is -0.142. The van der Waals surface area contributed by atoms with Crippen molar-refractivity contribution < 1.29 is 9.47 Å². The highest BCUT2D eigenvalue weighted by atomic mass is 16.5. The summed E-state index contributed by atoms with van der Waals surface area (Å²) >= 11 is 0. The molecule has 0 spiro atoms. The molecule has 0 bridgehead atoms. The lowest BCUT2D eigenvalue weighted by Gasteiger charge is -2.39. The van der Waals surface area contributed by atoms with E-state index < -0.39 is 0 Å². The van der Waals surface area contributed by atoms with Crippen LogP contribution in [0.5, 0.6) is 0 Å². The van der Waals surface area contributed by atoms with E-state index in [1.54, 1.807) is 0 Å². The molecule has 0 saturated carbocycles. The molecule has 2 atom stereocenters. The SMILES string of the molecule is CCNC(C1=COCCC1)C(C)(CC)OCC. The summed E-state index contributed by atoms with van der Waals surface area (Å²) in [6.07, 6.45) is 5.15. The second-order valence-corrected chi connectivity index (χ2v) is 4.76. The third kappa shape index (κ3) is 3.71. The summed E-state index contributed by atoms with van der Waals surface area (Å²) in [5.74, 6) is 0. The van der Waals surface area contributed by atoms with Crippen LogP contribution in [-0.4, -0.2) is 31.4 Å². The predicted octanol–water partition coefficient (Wildman–Crippen LogP) is 2.86. The van der Waals surface area contributed by atoms with Crippen LogP contribution in [0.2, 0.25) is 0 Å². The lowest BCUT2D eigenvalue weighted by Crippen LogP contribution is -2.51. The molecule has 1 aliphatic heterocycles. The maximum Gasteiger partial charge on any atom is 0.0876 e. The minimum Gasteiger partial charge on any atom is -0.501 e. The van der Waals surface area contributed by atoms with Gasteiger partial charge in [-0.1, -0.05) is 13.8 Å². The van der Waals surface area contributed by atoms with Crippen LogP contribution >= 0.6 is 0 Å². The highest BCUT2D eigenvalue weighted by Gasteiger charge is 2.35. The van der Waals surface area contributed by atoms with E-state index in [0.29, 0.717) is 0 Å². The van der Waals surface area contributed by atoms with Crippen LogP contribution in [0, 0.1) is 0 Å². The van der Waals surface area contributed by atoms with E-state index >= 15 is 0 Å². The average Bonchev–Trinajstić information content (AvgIpc) is 2.37. The van der Waals surface area contributed by atoms with E-state index in [-0.39, 0.29) is 11.6 Å². The van der Waals surface area contributed by atoms with Gasteiger partial charge in [0, 0.05) is 6.61 Å². The number of nitrogens with one attached hydrogen (secondary N) is 1. The largest absolute Gasteiger partial charge is 0.501 e. The van der Waals surface area contributed by atoms with Crippen LogP contribution in [0.4, 0.5) is 0 Å². The number of ether oxygens (including phenoxy) is 2. The quantitative estimate of drug-likeness (QED) is 0.743. The first-order valence-electron chi connectivity index (χ1n) is 6.85. The van der Waals surface area contributed by atoms with E-state index in [4.69, 9.17) is 9.47 Å². The van der Waals surface area contributed by atoms with Gasteiger partial charge in [-0.2, -0.15) is 0 Å². The molecular formula is C14H27NO2. The highest BCUT2D eigenvalue weighted by Crippen LogP contribution is 2.29. The zero-order valence-corrected chi connectivity index (χ0v) is 11.7. The van der Waals surface area contributed by atoms with Crippen molar-refractivity contribution in [1.29, 1.82) is 0 Å². The van der Waals surface area contributed by atoms with Gasteiger partial charge in [-0.15, -0.1) is 0 Å². The Bertz CT molecular complexity index is 253. The number of likely N-dealkylation sites (N-methyl/N-ethyl adjacent to an activating group) is 1. The average molecular weight is 241 g/mol. The summed E-state index contributed by atoms with van der Waals surface area (Å²) in [6.45, 7) is 11.1. The van der Waals surface area contributed by atoms with Crippen molar-refractivity contribution in [1.82, 2.24) is 5.32 Å². The summed E-state index contributed by atoms with van der Waals surface area (Å²) in [4.78, 5) is 0. The van der Waals surface area contributed by atoms with E-state index in [1.165, 1.54) is 5.57 Å². The molecule has 3 nitrogen and oxygen atoms in total. The van der Waals surface area contributed by atoms with E-state index in [9.17, 15) is 0 Å². The third-order valence-electron chi connectivity index (χ3n) is 3.53. The second-order valence-electron chi connectivity index (χ2n) is 4.76. The smallest absolute Gasteiger partial charge is 0.0876 e. The summed E-state index contributed by atoms with van der Waals surface area (Å²) in [7, 11) is 0. The Morgan fingerprint density at radius 1 is 1.47 bits per heavy atom. The van der Waals surface area contributed by atoms with Gasteiger partial charge in [0.2, 0.25) is 0 Å². The van der Waals surface area contributed by atoms with Crippen molar-refractivity contribution in [3.63, 3.8) is 0 Å². The maximum absolute atomic E-state index is 5.99. The molecule has 0 radical (unpaired) electrons. The van der Waals surface area contributed by atoms with Crippen molar-refractivity contribution in [3.05, 3.63) is 11.8 Å². The molecule has 3 heteroatoms. The van der Waals surface area contributed by atoms with Crippen LogP contribution in [0.15, 0.2) is 11.8 Å². The standard InChI is InChI=1S/C14H27NO2/c1-5-14(4,17-7-3)13(15-6-2)12-9-8-10-16-11-12/h11,13,15H,5-10H2,1-4H3. The number of hydrogen-bond acceptors (Lipinski definition) is 3. The third-order valence-corrected chi connectivity index (χ3v) is 3.53. The van der Waals surface area contributed by atoms with Crippen LogP contribution in [0.3, 0.4) is 0 Å². The van der Waals surface area contributed by atoms with Crippen molar-refractivity contribution in [3.8, 4) is 0 Å². The Morgan fingerprint density at radius 3 is 2.71 bits per heavy atom. The van der Waals surface area contributed by atoms with Gasteiger partial charge in [-0.3, -0.25) is 0 Å². The topological polar surface area (TPSA) is 30.5 Å². The molecular weight excluding hydrogens is 214 g/mol. The molecule has 1 rings (SSSR count). The van der Waals surface area contributed by atoms with Gasteiger partial charge in [-0.05, 0) is 45.2 Å². The Hall–Kier alpha value is -0.540. The normalized spacial score (nSPS) is 21.3. The second kappa shape index (κ2) is 7.02. The summed E-state index contributed by atoms with van der Waals surface area (Å²) in [5.41, 5.74) is 1.20. The van der Waals surface area contributed by atoms with Gasteiger partial charge in [0.25, 0.3) is 0 Å². The zero-order chi connectivity index (χ0) is 12.7. The van der Waals surface area contributed by atoms with Crippen LogP contribution in [0.1, 0.15) is 47.0 Å². The van der Waals surface area contributed by atoms with E-state index in [2.05, 4.69) is 33.0 Å². The van der Waals surface area contributed by atoms with Gasteiger partial charge in [0.1, 0.15) is 0 Å². The molecule has 2 unspecified atom stereocenters. The van der Waals surface area contributed by atoms with E-state index in [0.717, 1.165) is 39.0 Å². The van der Waals surface area contributed by atoms with Crippen LogP contribution in [-0.2, 0) is 9.47 Å². The summed E-state index contributed by atoms with van der Waals surface area (Å²) in [6, 6.07) is 0.262. The number of rotatable bonds is 7. The Kier molecular flexibility index (Phi) is 6.00. The van der Waals surface area contributed by atoms with E-state index in [1.807, 2.05) is 6.26 Å². The van der Waals surface area contributed by atoms with Crippen molar-refractivity contribution in [2.75, 3.05) is 19.8 Å².